The molecule has 1 amide bonds. The molecule has 0 radical (unpaired) electrons. The molecule has 2 N–H and O–H groups in total. The van der Waals surface area contributed by atoms with Crippen molar-refractivity contribution in [1.29, 1.82) is 0 Å². The van der Waals surface area contributed by atoms with Gasteiger partial charge in [0.15, 0.2) is 5.13 Å². The lowest BCUT2D eigenvalue weighted by Gasteiger charge is -2.21. The molecule has 1 fully saturated rings. The third-order valence-electron chi connectivity index (χ3n) is 5.40. The fourth-order valence-corrected chi connectivity index (χ4v) is 5.57. The smallest absolute Gasteiger partial charge is 0.237 e. The Hall–Kier alpha value is -2.78. The van der Waals surface area contributed by atoms with Crippen LogP contribution in [0, 0.1) is 6.92 Å². The first-order chi connectivity index (χ1) is 14.7. The lowest BCUT2D eigenvalue weighted by atomic mass is 9.89. The van der Waals surface area contributed by atoms with Gasteiger partial charge in [0.25, 0.3) is 0 Å². The number of hydrogen-bond acceptors (Lipinski definition) is 6. The summed E-state index contributed by atoms with van der Waals surface area (Å²) in [6.07, 6.45) is 4.95. The summed E-state index contributed by atoms with van der Waals surface area (Å²) in [6, 6.07) is 9.55. The molecule has 2 aromatic heterocycles. The summed E-state index contributed by atoms with van der Waals surface area (Å²) in [7, 11) is -3.38. The van der Waals surface area contributed by atoms with E-state index in [1.807, 2.05) is 43.5 Å². The molecule has 0 bridgehead atoms. The van der Waals surface area contributed by atoms with Gasteiger partial charge in [0.1, 0.15) is 0 Å². The number of carbonyl (C=O) groups excluding carboxylic acids is 1. The molecule has 1 aromatic carbocycles. The maximum Gasteiger partial charge on any atom is 0.237 e. The van der Waals surface area contributed by atoms with Gasteiger partial charge < -0.3 is 5.32 Å². The number of thiazole rings is 1. The van der Waals surface area contributed by atoms with Crippen LogP contribution in [-0.4, -0.2) is 29.5 Å². The van der Waals surface area contributed by atoms with Crippen molar-refractivity contribution in [2.24, 2.45) is 0 Å². The van der Waals surface area contributed by atoms with Crippen molar-refractivity contribution in [1.82, 2.24) is 9.97 Å². The first-order valence-electron chi connectivity index (χ1n) is 9.97. The molecule has 1 saturated carbocycles. The standard InChI is InChI=1S/C22H24N4O3S2/c1-14-10-11-23-12-18(14)15-4-6-16(7-5-15)24-20(27)22(2,3)19-13-30-21(25-19)26-31(28,29)17-8-9-17/h4-7,10-13,17H,8-9H2,1-3H3,(H,24,27)(H,25,26). The molecule has 0 aliphatic heterocycles. The molecule has 31 heavy (non-hydrogen) atoms. The molecule has 4 rings (SSSR count). The molecule has 1 aliphatic carbocycles. The monoisotopic (exact) mass is 456 g/mol. The maximum atomic E-state index is 13.0. The molecule has 1 aliphatic rings. The fraction of sp³-hybridized carbons (Fsp3) is 0.318. The first kappa shape index (κ1) is 21.5. The quantitative estimate of drug-likeness (QED) is 0.551. The van der Waals surface area contributed by atoms with Crippen molar-refractivity contribution in [3.8, 4) is 11.1 Å². The van der Waals surface area contributed by atoms with Gasteiger partial charge in [-0.25, -0.2) is 13.4 Å². The zero-order valence-corrected chi connectivity index (χ0v) is 19.2. The van der Waals surface area contributed by atoms with Crippen molar-refractivity contribution in [2.75, 3.05) is 10.0 Å². The van der Waals surface area contributed by atoms with Gasteiger partial charge in [-0.1, -0.05) is 12.1 Å². The van der Waals surface area contributed by atoms with E-state index in [9.17, 15) is 13.2 Å². The van der Waals surface area contributed by atoms with E-state index in [1.165, 1.54) is 11.3 Å². The molecule has 7 nitrogen and oxygen atoms in total. The van der Waals surface area contributed by atoms with E-state index < -0.39 is 15.4 Å². The lowest BCUT2D eigenvalue weighted by molar-refractivity contribution is -0.120. The number of amides is 1. The summed E-state index contributed by atoms with van der Waals surface area (Å²) in [5.41, 5.74) is 3.46. The number of benzene rings is 1. The maximum absolute atomic E-state index is 13.0. The van der Waals surface area contributed by atoms with Crippen LogP contribution in [0.2, 0.25) is 0 Å². The van der Waals surface area contributed by atoms with Gasteiger partial charge in [-0.05, 0) is 62.9 Å². The van der Waals surface area contributed by atoms with Gasteiger partial charge in [0.2, 0.25) is 15.9 Å². The van der Waals surface area contributed by atoms with Crippen molar-refractivity contribution in [3.63, 3.8) is 0 Å². The van der Waals surface area contributed by atoms with Crippen LogP contribution in [0.1, 0.15) is 37.9 Å². The zero-order chi connectivity index (χ0) is 22.2. The van der Waals surface area contributed by atoms with E-state index in [-0.39, 0.29) is 11.2 Å². The Kier molecular flexibility index (Phi) is 5.57. The Morgan fingerprint density at radius 2 is 1.87 bits per heavy atom. The van der Waals surface area contributed by atoms with E-state index >= 15 is 0 Å². The molecule has 3 aromatic rings. The van der Waals surface area contributed by atoms with Crippen LogP contribution < -0.4 is 10.0 Å². The number of rotatable bonds is 7. The number of nitrogens with zero attached hydrogens (tertiary/aromatic N) is 2. The van der Waals surface area contributed by atoms with Gasteiger partial charge in [-0.3, -0.25) is 14.5 Å². The van der Waals surface area contributed by atoms with Crippen LogP contribution in [0.4, 0.5) is 10.8 Å². The Labute approximate surface area is 186 Å². The van der Waals surface area contributed by atoms with Crippen LogP contribution >= 0.6 is 11.3 Å². The van der Waals surface area contributed by atoms with Crippen LogP contribution in [0.5, 0.6) is 0 Å². The minimum atomic E-state index is -3.38. The SMILES string of the molecule is Cc1ccncc1-c1ccc(NC(=O)C(C)(C)c2csc(NS(=O)(=O)C3CC3)n2)cc1. The second kappa shape index (κ2) is 8.05. The Balaban J connectivity index is 1.46. The minimum Gasteiger partial charge on any atom is -0.325 e. The molecule has 162 valence electrons. The molecule has 0 saturated heterocycles. The number of hydrogen-bond donors (Lipinski definition) is 2. The highest BCUT2D eigenvalue weighted by Crippen LogP contribution is 2.33. The van der Waals surface area contributed by atoms with Crippen molar-refractivity contribution < 1.29 is 13.2 Å². The highest BCUT2D eigenvalue weighted by Gasteiger charge is 2.37. The van der Waals surface area contributed by atoms with Crippen molar-refractivity contribution in [3.05, 3.63) is 59.4 Å². The topological polar surface area (TPSA) is 101 Å². The first-order valence-corrected chi connectivity index (χ1v) is 12.4. The number of pyridine rings is 1. The molecule has 0 atom stereocenters. The second-order valence-electron chi connectivity index (χ2n) is 8.23. The van der Waals surface area contributed by atoms with Gasteiger partial charge >= 0.3 is 0 Å². The number of anilines is 2. The normalized spacial score (nSPS) is 14.3. The summed E-state index contributed by atoms with van der Waals surface area (Å²) in [4.78, 5) is 21.5. The van der Waals surface area contributed by atoms with Gasteiger partial charge in [-0.15, -0.1) is 11.3 Å². The van der Waals surface area contributed by atoms with E-state index in [4.69, 9.17) is 0 Å². The zero-order valence-electron chi connectivity index (χ0n) is 17.5. The highest BCUT2D eigenvalue weighted by molar-refractivity contribution is 7.93. The van der Waals surface area contributed by atoms with Crippen LogP contribution in [0.25, 0.3) is 11.1 Å². The Bertz CT molecular complexity index is 1210. The number of aryl methyl sites for hydroxylation is 1. The lowest BCUT2D eigenvalue weighted by Crippen LogP contribution is -2.35. The van der Waals surface area contributed by atoms with Crippen LogP contribution in [0.15, 0.2) is 48.1 Å². The van der Waals surface area contributed by atoms with Crippen molar-refractivity contribution in [2.45, 2.75) is 44.3 Å². The molecule has 0 spiro atoms. The van der Waals surface area contributed by atoms with E-state index in [1.54, 1.807) is 25.4 Å². The molecule has 0 unspecified atom stereocenters. The summed E-state index contributed by atoms with van der Waals surface area (Å²) in [6.45, 7) is 5.57. The fourth-order valence-electron chi connectivity index (χ4n) is 3.09. The van der Waals surface area contributed by atoms with E-state index in [0.717, 1.165) is 16.7 Å². The van der Waals surface area contributed by atoms with Crippen LogP contribution in [-0.2, 0) is 20.2 Å². The van der Waals surface area contributed by atoms with E-state index in [0.29, 0.717) is 29.4 Å². The third kappa shape index (κ3) is 4.62. The molecular weight excluding hydrogens is 432 g/mol. The molecular formula is C22H24N4O3S2. The van der Waals surface area contributed by atoms with E-state index in [2.05, 4.69) is 20.0 Å². The average molecular weight is 457 g/mol. The van der Waals surface area contributed by atoms with Gasteiger partial charge in [-0.2, -0.15) is 0 Å². The Morgan fingerprint density at radius 1 is 1.16 bits per heavy atom. The predicted molar refractivity (Wildman–Crippen MR) is 124 cm³/mol. The minimum absolute atomic E-state index is 0.222. The molecule has 9 heteroatoms. The summed E-state index contributed by atoms with van der Waals surface area (Å²) in [5.74, 6) is -0.222. The third-order valence-corrected chi connectivity index (χ3v) is 8.11. The highest BCUT2D eigenvalue weighted by atomic mass is 32.2. The molecule has 2 heterocycles. The van der Waals surface area contributed by atoms with Crippen LogP contribution in [0.3, 0.4) is 0 Å². The van der Waals surface area contributed by atoms with Crippen molar-refractivity contribution >= 4 is 38.1 Å². The van der Waals surface area contributed by atoms with Gasteiger partial charge in [0, 0.05) is 29.0 Å². The summed E-state index contributed by atoms with van der Waals surface area (Å²) in [5, 5.41) is 4.62. The number of sulfonamides is 1. The number of aromatic nitrogens is 2. The Morgan fingerprint density at radius 3 is 2.52 bits per heavy atom. The number of carbonyl (C=O) groups is 1. The average Bonchev–Trinajstić information content (AvgIpc) is 3.50. The summed E-state index contributed by atoms with van der Waals surface area (Å²) >= 11 is 1.19. The summed E-state index contributed by atoms with van der Waals surface area (Å²) < 4.78 is 26.8. The number of nitrogens with one attached hydrogen (secondary N) is 2. The van der Waals surface area contributed by atoms with Gasteiger partial charge in [0.05, 0.1) is 16.4 Å². The second-order valence-corrected chi connectivity index (χ2v) is 11.1. The largest absolute Gasteiger partial charge is 0.325 e. The predicted octanol–water partition coefficient (Wildman–Crippen LogP) is 4.33.